The Labute approximate surface area is 113 Å². The van der Waals surface area contributed by atoms with Gasteiger partial charge in [-0.05, 0) is 53.4 Å². The van der Waals surface area contributed by atoms with Crippen LogP contribution in [0.25, 0.3) is 11.3 Å². The van der Waals surface area contributed by atoms with Crippen molar-refractivity contribution in [2.75, 3.05) is 5.73 Å². The molecule has 1 aromatic heterocycles. The fraction of sp³-hybridized carbons (Fsp3) is 0.308. The van der Waals surface area contributed by atoms with Crippen molar-refractivity contribution in [1.29, 1.82) is 0 Å². The summed E-state index contributed by atoms with van der Waals surface area (Å²) < 4.78 is 12.1. The summed E-state index contributed by atoms with van der Waals surface area (Å²) in [6, 6.07) is 5.75. The Morgan fingerprint density at radius 3 is 2.78 bits per heavy atom. The minimum atomic E-state index is 0.322. The first-order chi connectivity index (χ1) is 8.63. The topological polar surface area (TPSA) is 61.3 Å². The highest BCUT2D eigenvalue weighted by Crippen LogP contribution is 2.41. The lowest BCUT2D eigenvalue weighted by Gasteiger charge is -2.12. The fourth-order valence-corrected chi connectivity index (χ4v) is 2.47. The van der Waals surface area contributed by atoms with Gasteiger partial charge >= 0.3 is 0 Å². The monoisotopic (exact) mass is 308 g/mol. The molecule has 0 amide bonds. The van der Waals surface area contributed by atoms with E-state index in [4.69, 9.17) is 15.0 Å². The van der Waals surface area contributed by atoms with Crippen LogP contribution in [0, 0.1) is 6.92 Å². The van der Waals surface area contributed by atoms with Gasteiger partial charge in [0.25, 0.3) is 0 Å². The van der Waals surface area contributed by atoms with E-state index < -0.39 is 0 Å². The van der Waals surface area contributed by atoms with Gasteiger partial charge in [-0.3, -0.25) is 0 Å². The van der Waals surface area contributed by atoms with Gasteiger partial charge < -0.3 is 15.0 Å². The lowest BCUT2D eigenvalue weighted by molar-refractivity contribution is 0.301. The lowest BCUT2D eigenvalue weighted by Crippen LogP contribution is -1.99. The highest BCUT2D eigenvalue weighted by atomic mass is 79.9. The molecule has 1 aliphatic rings. The van der Waals surface area contributed by atoms with Crippen molar-refractivity contribution in [3.8, 4) is 17.1 Å². The van der Waals surface area contributed by atoms with Crippen molar-refractivity contribution >= 4 is 21.7 Å². The van der Waals surface area contributed by atoms with Crippen molar-refractivity contribution in [3.05, 3.63) is 28.2 Å². The third kappa shape index (κ3) is 2.22. The second-order valence-corrected chi connectivity index (χ2v) is 5.41. The average molecular weight is 309 g/mol. The largest absolute Gasteiger partial charge is 0.488 e. The number of nitrogen functional groups attached to an aromatic ring is 1. The van der Waals surface area contributed by atoms with E-state index in [1.54, 1.807) is 6.07 Å². The third-order valence-corrected chi connectivity index (χ3v) is 3.38. The van der Waals surface area contributed by atoms with Gasteiger partial charge in [-0.25, -0.2) is 0 Å². The Balaban J connectivity index is 2.09. The van der Waals surface area contributed by atoms with Gasteiger partial charge in [0, 0.05) is 6.07 Å². The Morgan fingerprint density at radius 2 is 2.17 bits per heavy atom. The smallest absolute Gasteiger partial charge is 0.172 e. The van der Waals surface area contributed by atoms with E-state index in [1.807, 2.05) is 19.1 Å². The number of rotatable bonds is 3. The summed E-state index contributed by atoms with van der Waals surface area (Å²) in [6.07, 6.45) is 2.54. The highest BCUT2D eigenvalue weighted by Gasteiger charge is 2.27. The van der Waals surface area contributed by atoms with Crippen LogP contribution in [0.4, 0.5) is 5.82 Å². The highest BCUT2D eigenvalue weighted by molar-refractivity contribution is 9.10. The predicted octanol–water partition coefficient (Wildman–Crippen LogP) is 3.54. The molecule has 18 heavy (non-hydrogen) atoms. The van der Waals surface area contributed by atoms with Crippen LogP contribution in [0.2, 0.25) is 0 Å². The van der Waals surface area contributed by atoms with Gasteiger partial charge in [0.1, 0.15) is 5.75 Å². The molecule has 94 valence electrons. The Hall–Kier alpha value is -1.49. The number of ether oxygens (including phenoxy) is 1. The summed E-state index contributed by atoms with van der Waals surface area (Å²) in [5.74, 6) is 1.81. The molecule has 2 aromatic rings. The summed E-state index contributed by atoms with van der Waals surface area (Å²) in [5, 5.41) is 3.72. The number of hydrogen-bond donors (Lipinski definition) is 1. The van der Waals surface area contributed by atoms with Gasteiger partial charge in [-0.2, -0.15) is 0 Å². The Bertz CT molecular complexity index is 591. The molecule has 0 saturated heterocycles. The van der Waals surface area contributed by atoms with Crippen LogP contribution >= 0.6 is 15.9 Å². The molecule has 0 atom stereocenters. The van der Waals surface area contributed by atoms with Crippen LogP contribution in [0.5, 0.6) is 5.75 Å². The summed E-state index contributed by atoms with van der Waals surface area (Å²) in [6.45, 7) is 2.02. The summed E-state index contributed by atoms with van der Waals surface area (Å²) in [7, 11) is 0. The number of benzene rings is 1. The zero-order valence-electron chi connectivity index (χ0n) is 9.94. The lowest BCUT2D eigenvalue weighted by atomic mass is 10.1. The number of aryl methyl sites for hydroxylation is 1. The van der Waals surface area contributed by atoms with Gasteiger partial charge in [0.05, 0.1) is 16.1 Å². The van der Waals surface area contributed by atoms with E-state index >= 15 is 0 Å². The van der Waals surface area contributed by atoms with Crippen molar-refractivity contribution in [3.63, 3.8) is 0 Å². The summed E-state index contributed by atoms with van der Waals surface area (Å²) in [4.78, 5) is 0. The molecular formula is C13H13BrN2O2. The third-order valence-electron chi connectivity index (χ3n) is 2.79. The standard InChI is InChI=1S/C13H13BrN2O2/c1-7-4-9(11-6-12(15)16-18-11)13(10(14)5-7)17-8-2-3-8/h4-6,8H,2-3H2,1H3,(H2,15,16). The summed E-state index contributed by atoms with van der Waals surface area (Å²) >= 11 is 3.54. The molecule has 1 aromatic carbocycles. The molecule has 3 rings (SSSR count). The molecule has 2 N–H and O–H groups in total. The number of nitrogens with zero attached hydrogens (tertiary/aromatic N) is 1. The molecule has 0 spiro atoms. The zero-order valence-corrected chi connectivity index (χ0v) is 11.5. The van der Waals surface area contributed by atoms with E-state index in [2.05, 4.69) is 21.1 Å². The van der Waals surface area contributed by atoms with Crippen LogP contribution in [-0.4, -0.2) is 11.3 Å². The SMILES string of the molecule is Cc1cc(Br)c(OC2CC2)c(-c2cc(N)no2)c1. The van der Waals surface area contributed by atoms with E-state index in [-0.39, 0.29) is 0 Å². The van der Waals surface area contributed by atoms with E-state index in [0.717, 1.165) is 34.2 Å². The molecular weight excluding hydrogens is 296 g/mol. The maximum Gasteiger partial charge on any atom is 0.172 e. The maximum atomic E-state index is 5.93. The van der Waals surface area contributed by atoms with Gasteiger partial charge in [-0.1, -0.05) is 5.16 Å². The van der Waals surface area contributed by atoms with Crippen LogP contribution in [0.1, 0.15) is 18.4 Å². The average Bonchev–Trinajstić information content (AvgIpc) is 3.03. The van der Waals surface area contributed by atoms with E-state index in [0.29, 0.717) is 17.7 Å². The van der Waals surface area contributed by atoms with E-state index in [9.17, 15) is 0 Å². The van der Waals surface area contributed by atoms with Crippen LogP contribution in [-0.2, 0) is 0 Å². The van der Waals surface area contributed by atoms with Crippen molar-refractivity contribution in [1.82, 2.24) is 5.16 Å². The number of anilines is 1. The van der Waals surface area contributed by atoms with Crippen molar-refractivity contribution in [2.24, 2.45) is 0 Å². The Kier molecular flexibility index (Phi) is 2.78. The quantitative estimate of drug-likeness (QED) is 0.942. The van der Waals surface area contributed by atoms with Gasteiger partial charge in [-0.15, -0.1) is 0 Å². The molecule has 0 bridgehead atoms. The molecule has 5 heteroatoms. The second-order valence-electron chi connectivity index (χ2n) is 4.56. The zero-order chi connectivity index (χ0) is 12.7. The fourth-order valence-electron chi connectivity index (χ4n) is 1.80. The van der Waals surface area contributed by atoms with Crippen molar-refractivity contribution in [2.45, 2.75) is 25.9 Å². The molecule has 0 aliphatic heterocycles. The van der Waals surface area contributed by atoms with E-state index in [1.165, 1.54) is 0 Å². The second kappa shape index (κ2) is 4.31. The molecule has 1 heterocycles. The minimum absolute atomic E-state index is 0.322. The predicted molar refractivity (Wildman–Crippen MR) is 72.4 cm³/mol. The number of nitrogens with two attached hydrogens (primary N) is 1. The van der Waals surface area contributed by atoms with Gasteiger partial charge in [0.15, 0.2) is 11.6 Å². The van der Waals surface area contributed by atoms with Crippen LogP contribution < -0.4 is 10.5 Å². The van der Waals surface area contributed by atoms with Crippen LogP contribution in [0.15, 0.2) is 27.2 Å². The maximum absolute atomic E-state index is 5.93. The first-order valence-electron chi connectivity index (χ1n) is 5.83. The normalized spacial score (nSPS) is 14.8. The number of hydrogen-bond acceptors (Lipinski definition) is 4. The molecule has 4 nitrogen and oxygen atoms in total. The molecule has 0 radical (unpaired) electrons. The van der Waals surface area contributed by atoms with Crippen molar-refractivity contribution < 1.29 is 9.26 Å². The first-order valence-corrected chi connectivity index (χ1v) is 6.62. The number of aromatic nitrogens is 1. The van der Waals surface area contributed by atoms with Gasteiger partial charge in [0.2, 0.25) is 0 Å². The Morgan fingerprint density at radius 1 is 1.39 bits per heavy atom. The number of halogens is 1. The molecule has 1 aliphatic carbocycles. The van der Waals surface area contributed by atoms with Crippen LogP contribution in [0.3, 0.4) is 0 Å². The molecule has 1 fully saturated rings. The minimum Gasteiger partial charge on any atom is -0.488 e. The molecule has 1 saturated carbocycles. The molecule has 0 unspecified atom stereocenters. The first kappa shape index (κ1) is 11.6. The summed E-state index contributed by atoms with van der Waals surface area (Å²) in [5.41, 5.74) is 7.61.